The summed E-state index contributed by atoms with van der Waals surface area (Å²) in [5, 5.41) is 0. The van der Waals surface area contributed by atoms with E-state index in [4.69, 9.17) is 5.73 Å². The first-order valence-corrected chi connectivity index (χ1v) is 5.22. The molecule has 2 rings (SSSR count). The molecule has 0 atom stereocenters. The number of aromatic nitrogens is 2. The Bertz CT molecular complexity index is 499. The van der Waals surface area contributed by atoms with Gasteiger partial charge in [-0.25, -0.2) is 9.98 Å². The maximum atomic E-state index is 5.79. The standard InChI is InChI=1S/C12H14N4/c1-2-10-8-15-12(16-10)14-7-9-5-3-4-6-11(9)13/h3-8H,2,13H2,1H3,(H,15,16)/b14-7+. The normalized spacial score (nSPS) is 11.1. The molecule has 0 amide bonds. The van der Waals surface area contributed by atoms with Gasteiger partial charge in [0, 0.05) is 23.7 Å². The largest absolute Gasteiger partial charge is 0.398 e. The van der Waals surface area contributed by atoms with Gasteiger partial charge in [0.1, 0.15) is 0 Å². The van der Waals surface area contributed by atoms with Crippen molar-refractivity contribution >= 4 is 17.9 Å². The highest BCUT2D eigenvalue weighted by Gasteiger charge is 1.97. The van der Waals surface area contributed by atoms with E-state index in [9.17, 15) is 0 Å². The number of nitrogens with one attached hydrogen (secondary N) is 1. The lowest BCUT2D eigenvalue weighted by Gasteiger charge is -1.96. The molecule has 16 heavy (non-hydrogen) atoms. The summed E-state index contributed by atoms with van der Waals surface area (Å²) in [5.74, 6) is 0.611. The number of H-pyrrole nitrogens is 1. The second-order valence-corrected chi connectivity index (χ2v) is 3.46. The molecule has 0 aliphatic rings. The number of para-hydroxylation sites is 1. The monoisotopic (exact) mass is 214 g/mol. The minimum atomic E-state index is 0.611. The molecular weight excluding hydrogens is 200 g/mol. The summed E-state index contributed by atoms with van der Waals surface area (Å²) < 4.78 is 0. The van der Waals surface area contributed by atoms with Crippen LogP contribution in [-0.2, 0) is 6.42 Å². The average Bonchev–Trinajstić information content (AvgIpc) is 2.76. The predicted molar refractivity (Wildman–Crippen MR) is 66.1 cm³/mol. The molecule has 4 nitrogen and oxygen atoms in total. The zero-order chi connectivity index (χ0) is 11.4. The van der Waals surface area contributed by atoms with Gasteiger partial charge in [-0.1, -0.05) is 25.1 Å². The Morgan fingerprint density at radius 2 is 2.25 bits per heavy atom. The van der Waals surface area contributed by atoms with Gasteiger partial charge >= 0.3 is 0 Å². The molecule has 0 saturated heterocycles. The molecule has 0 radical (unpaired) electrons. The van der Waals surface area contributed by atoms with Gasteiger partial charge in [-0.2, -0.15) is 0 Å². The second-order valence-electron chi connectivity index (χ2n) is 3.46. The first kappa shape index (κ1) is 10.4. The molecule has 0 bridgehead atoms. The zero-order valence-corrected chi connectivity index (χ0v) is 9.14. The number of nitrogens with two attached hydrogens (primary N) is 1. The molecule has 1 heterocycles. The van der Waals surface area contributed by atoms with Gasteiger partial charge < -0.3 is 10.7 Å². The van der Waals surface area contributed by atoms with E-state index in [-0.39, 0.29) is 0 Å². The summed E-state index contributed by atoms with van der Waals surface area (Å²) in [6.07, 6.45) is 4.48. The maximum Gasteiger partial charge on any atom is 0.227 e. The Labute approximate surface area is 94.2 Å². The van der Waals surface area contributed by atoms with Crippen molar-refractivity contribution < 1.29 is 0 Å². The number of nitrogens with zero attached hydrogens (tertiary/aromatic N) is 2. The Balaban J connectivity index is 2.18. The van der Waals surface area contributed by atoms with Crippen molar-refractivity contribution in [1.82, 2.24) is 9.97 Å². The summed E-state index contributed by atoms with van der Waals surface area (Å²) >= 11 is 0. The van der Waals surface area contributed by atoms with E-state index in [0.717, 1.165) is 17.7 Å². The number of aliphatic imine (C=N–C) groups is 1. The van der Waals surface area contributed by atoms with E-state index in [0.29, 0.717) is 11.6 Å². The average molecular weight is 214 g/mol. The van der Waals surface area contributed by atoms with Gasteiger partial charge in [0.15, 0.2) is 0 Å². The Hall–Kier alpha value is -2.10. The van der Waals surface area contributed by atoms with Crippen LogP contribution in [0.25, 0.3) is 0 Å². The first-order chi connectivity index (χ1) is 7.79. The van der Waals surface area contributed by atoms with Gasteiger partial charge in [0.05, 0.1) is 5.69 Å². The molecule has 0 unspecified atom stereocenters. The van der Waals surface area contributed by atoms with Crippen LogP contribution in [0.4, 0.5) is 11.6 Å². The molecule has 0 saturated carbocycles. The number of imidazole rings is 1. The van der Waals surface area contributed by atoms with Gasteiger partial charge in [-0.05, 0) is 12.5 Å². The van der Waals surface area contributed by atoms with Crippen LogP contribution in [-0.4, -0.2) is 16.2 Å². The molecule has 0 spiro atoms. The van der Waals surface area contributed by atoms with Crippen molar-refractivity contribution in [3.8, 4) is 0 Å². The van der Waals surface area contributed by atoms with Crippen molar-refractivity contribution in [2.75, 3.05) is 5.73 Å². The highest BCUT2D eigenvalue weighted by atomic mass is 15.1. The maximum absolute atomic E-state index is 5.79. The lowest BCUT2D eigenvalue weighted by atomic mass is 10.2. The van der Waals surface area contributed by atoms with Gasteiger partial charge in [-0.15, -0.1) is 0 Å². The number of anilines is 1. The zero-order valence-electron chi connectivity index (χ0n) is 9.14. The second kappa shape index (κ2) is 4.61. The van der Waals surface area contributed by atoms with E-state index < -0.39 is 0 Å². The van der Waals surface area contributed by atoms with Gasteiger partial charge in [0.25, 0.3) is 0 Å². The third-order valence-corrected chi connectivity index (χ3v) is 2.30. The summed E-state index contributed by atoms with van der Waals surface area (Å²) in [6, 6.07) is 7.59. The topological polar surface area (TPSA) is 67.1 Å². The molecule has 0 aliphatic heterocycles. The van der Waals surface area contributed by atoms with E-state index in [1.807, 2.05) is 30.5 Å². The highest BCUT2D eigenvalue weighted by molar-refractivity contribution is 5.87. The van der Waals surface area contributed by atoms with Crippen molar-refractivity contribution in [3.05, 3.63) is 41.7 Å². The van der Waals surface area contributed by atoms with Crippen LogP contribution in [0.1, 0.15) is 18.2 Å². The minimum absolute atomic E-state index is 0.611. The third-order valence-electron chi connectivity index (χ3n) is 2.30. The fraction of sp³-hybridized carbons (Fsp3) is 0.167. The molecule has 1 aromatic heterocycles. The number of aromatic amines is 1. The Morgan fingerprint density at radius 1 is 1.44 bits per heavy atom. The Morgan fingerprint density at radius 3 is 2.94 bits per heavy atom. The fourth-order valence-corrected chi connectivity index (χ4v) is 1.35. The molecule has 0 fully saturated rings. The van der Waals surface area contributed by atoms with Crippen molar-refractivity contribution in [3.63, 3.8) is 0 Å². The van der Waals surface area contributed by atoms with E-state index in [1.54, 1.807) is 6.21 Å². The van der Waals surface area contributed by atoms with Crippen LogP contribution >= 0.6 is 0 Å². The molecule has 3 N–H and O–H groups in total. The van der Waals surface area contributed by atoms with Crippen molar-refractivity contribution in [2.45, 2.75) is 13.3 Å². The molecular formula is C12H14N4. The quantitative estimate of drug-likeness (QED) is 0.608. The lowest BCUT2D eigenvalue weighted by molar-refractivity contribution is 1.06. The molecule has 2 aromatic rings. The Kier molecular flexibility index (Phi) is 3.00. The number of rotatable bonds is 3. The highest BCUT2D eigenvalue weighted by Crippen LogP contribution is 2.10. The number of hydrogen-bond donors (Lipinski definition) is 2. The fourth-order valence-electron chi connectivity index (χ4n) is 1.35. The lowest BCUT2D eigenvalue weighted by Crippen LogP contribution is -1.91. The molecule has 4 heteroatoms. The number of hydrogen-bond acceptors (Lipinski definition) is 3. The minimum Gasteiger partial charge on any atom is -0.398 e. The number of benzene rings is 1. The van der Waals surface area contributed by atoms with Crippen LogP contribution < -0.4 is 5.73 Å². The van der Waals surface area contributed by atoms with Crippen LogP contribution in [0.5, 0.6) is 0 Å². The summed E-state index contributed by atoms with van der Waals surface area (Å²) in [4.78, 5) is 11.5. The van der Waals surface area contributed by atoms with Crippen molar-refractivity contribution in [1.29, 1.82) is 0 Å². The number of aryl methyl sites for hydroxylation is 1. The summed E-state index contributed by atoms with van der Waals surface area (Å²) in [6.45, 7) is 2.05. The van der Waals surface area contributed by atoms with E-state index in [2.05, 4.69) is 21.9 Å². The third kappa shape index (κ3) is 2.28. The molecule has 0 aliphatic carbocycles. The van der Waals surface area contributed by atoms with Crippen LogP contribution in [0, 0.1) is 0 Å². The smallest absolute Gasteiger partial charge is 0.227 e. The van der Waals surface area contributed by atoms with Crippen LogP contribution in [0.3, 0.4) is 0 Å². The van der Waals surface area contributed by atoms with E-state index >= 15 is 0 Å². The molecule has 1 aromatic carbocycles. The summed E-state index contributed by atoms with van der Waals surface area (Å²) in [5.41, 5.74) is 8.42. The summed E-state index contributed by atoms with van der Waals surface area (Å²) in [7, 11) is 0. The van der Waals surface area contributed by atoms with Crippen molar-refractivity contribution in [2.24, 2.45) is 4.99 Å². The number of nitrogen functional groups attached to an aromatic ring is 1. The van der Waals surface area contributed by atoms with Crippen LogP contribution in [0.2, 0.25) is 0 Å². The SMILES string of the molecule is CCc1c[nH]c(/N=C/c2ccccc2N)n1. The predicted octanol–water partition coefficient (Wildman–Crippen LogP) is 2.30. The van der Waals surface area contributed by atoms with E-state index in [1.165, 1.54) is 0 Å². The van der Waals surface area contributed by atoms with Gasteiger partial charge in [0.2, 0.25) is 5.95 Å². The van der Waals surface area contributed by atoms with Crippen LogP contribution in [0.15, 0.2) is 35.5 Å². The molecule has 82 valence electrons. The first-order valence-electron chi connectivity index (χ1n) is 5.22. The van der Waals surface area contributed by atoms with Gasteiger partial charge in [-0.3, -0.25) is 0 Å².